The molecular formula is C31H33F3N6O5. The Hall–Kier alpha value is -4.43. The lowest BCUT2D eigenvalue weighted by Gasteiger charge is -2.38. The Kier molecular flexibility index (Phi) is 8.76. The van der Waals surface area contributed by atoms with Crippen molar-refractivity contribution in [2.24, 2.45) is 0 Å². The number of carbonyl (C=O) groups is 2. The number of methoxy groups -OCH3 is 1. The van der Waals surface area contributed by atoms with Crippen LogP contribution in [0.2, 0.25) is 0 Å². The van der Waals surface area contributed by atoms with E-state index in [9.17, 15) is 22.8 Å². The number of benzene rings is 2. The van der Waals surface area contributed by atoms with Crippen LogP contribution in [0.4, 0.5) is 36.3 Å². The molecule has 14 heteroatoms. The van der Waals surface area contributed by atoms with Crippen molar-refractivity contribution >= 4 is 35.0 Å². The van der Waals surface area contributed by atoms with Crippen molar-refractivity contribution < 1.29 is 37.0 Å². The first-order valence-corrected chi connectivity index (χ1v) is 14.8. The minimum atomic E-state index is -4.77. The van der Waals surface area contributed by atoms with E-state index in [-0.39, 0.29) is 41.5 Å². The molecule has 45 heavy (non-hydrogen) atoms. The number of fused-ring (bicyclic) bond motifs is 1. The second-order valence-electron chi connectivity index (χ2n) is 11.2. The number of rotatable bonds is 8. The van der Waals surface area contributed by atoms with Gasteiger partial charge in [-0.2, -0.15) is 18.2 Å². The quantitative estimate of drug-likeness (QED) is 0.293. The van der Waals surface area contributed by atoms with Gasteiger partial charge in [0.25, 0.3) is 5.91 Å². The van der Waals surface area contributed by atoms with Gasteiger partial charge in [-0.3, -0.25) is 9.69 Å². The number of anilines is 4. The largest absolute Gasteiger partial charge is 0.495 e. The molecule has 1 aromatic heterocycles. The second-order valence-corrected chi connectivity index (χ2v) is 11.2. The third kappa shape index (κ3) is 6.81. The lowest BCUT2D eigenvalue weighted by molar-refractivity contribution is -0.137. The number of hydrogen-bond acceptors (Lipinski definition) is 10. The van der Waals surface area contributed by atoms with Crippen LogP contribution >= 0.6 is 0 Å². The molecule has 1 aliphatic carbocycles. The molecule has 3 heterocycles. The van der Waals surface area contributed by atoms with E-state index < -0.39 is 23.5 Å². The number of amides is 1. The maximum atomic E-state index is 13.9. The van der Waals surface area contributed by atoms with Crippen LogP contribution in [-0.4, -0.2) is 72.2 Å². The van der Waals surface area contributed by atoms with Gasteiger partial charge in [0.1, 0.15) is 23.7 Å². The summed E-state index contributed by atoms with van der Waals surface area (Å²) in [4.78, 5) is 35.7. The van der Waals surface area contributed by atoms with Crippen LogP contribution in [0.1, 0.15) is 57.5 Å². The fourth-order valence-electron chi connectivity index (χ4n) is 6.01. The third-order valence-electron chi connectivity index (χ3n) is 8.37. The molecule has 0 spiro atoms. The van der Waals surface area contributed by atoms with Crippen LogP contribution in [0.15, 0.2) is 42.6 Å². The lowest BCUT2D eigenvalue weighted by atomic mass is 9.89. The van der Waals surface area contributed by atoms with Crippen LogP contribution in [0, 0.1) is 0 Å². The molecule has 11 nitrogen and oxygen atoms in total. The summed E-state index contributed by atoms with van der Waals surface area (Å²) >= 11 is 0. The van der Waals surface area contributed by atoms with E-state index in [2.05, 4.69) is 30.8 Å². The zero-order valence-corrected chi connectivity index (χ0v) is 24.6. The van der Waals surface area contributed by atoms with Gasteiger partial charge >= 0.3 is 12.1 Å². The van der Waals surface area contributed by atoms with Crippen molar-refractivity contribution in [3.05, 3.63) is 64.8 Å². The molecule has 6 rings (SSSR count). The number of nitrogens with one attached hydrogen (secondary N) is 3. The van der Waals surface area contributed by atoms with E-state index in [1.54, 1.807) is 30.3 Å². The molecule has 0 bridgehead atoms. The predicted octanol–water partition coefficient (Wildman–Crippen LogP) is 5.03. The maximum absolute atomic E-state index is 13.9. The smallest absolute Gasteiger partial charge is 0.421 e. The summed E-state index contributed by atoms with van der Waals surface area (Å²) in [6.45, 7) is 3.46. The van der Waals surface area contributed by atoms with Gasteiger partial charge in [0, 0.05) is 42.5 Å². The fourth-order valence-corrected chi connectivity index (χ4v) is 6.01. The molecule has 1 amide bonds. The van der Waals surface area contributed by atoms with Gasteiger partial charge in [-0.25, -0.2) is 9.78 Å². The average molecular weight is 627 g/mol. The number of morpholine rings is 1. The number of esters is 1. The molecule has 2 aliphatic heterocycles. The summed E-state index contributed by atoms with van der Waals surface area (Å²) < 4.78 is 57.6. The van der Waals surface area contributed by atoms with Crippen molar-refractivity contribution in [2.75, 3.05) is 44.0 Å². The predicted molar refractivity (Wildman–Crippen MR) is 158 cm³/mol. The summed E-state index contributed by atoms with van der Waals surface area (Å²) in [6, 6.07) is 10.1. The minimum absolute atomic E-state index is 0.0380. The van der Waals surface area contributed by atoms with Crippen molar-refractivity contribution in [2.45, 2.75) is 50.6 Å². The Morgan fingerprint density at radius 2 is 1.82 bits per heavy atom. The van der Waals surface area contributed by atoms with Gasteiger partial charge in [0.2, 0.25) is 5.95 Å². The van der Waals surface area contributed by atoms with Crippen LogP contribution < -0.4 is 20.7 Å². The first-order valence-electron chi connectivity index (χ1n) is 14.8. The van der Waals surface area contributed by atoms with Gasteiger partial charge in [-0.05, 0) is 49.9 Å². The van der Waals surface area contributed by atoms with Gasteiger partial charge in [-0.1, -0.05) is 12.1 Å². The molecule has 3 aromatic rings. The Morgan fingerprint density at radius 3 is 2.56 bits per heavy atom. The van der Waals surface area contributed by atoms with E-state index in [1.807, 2.05) is 0 Å². The Balaban J connectivity index is 1.15. The highest BCUT2D eigenvalue weighted by atomic mass is 19.4. The monoisotopic (exact) mass is 626 g/mol. The Morgan fingerprint density at radius 1 is 1.04 bits per heavy atom. The number of aromatic nitrogens is 2. The summed E-state index contributed by atoms with van der Waals surface area (Å²) in [7, 11) is 1.42. The SMILES string of the molecule is COc1cc(C(=O)NC2CCC(N3CCOCC3)CC2)ccc1Nc1ncc(C(F)(F)F)c(Nc2cccc3c2C(=O)OC3)n1. The number of alkyl halides is 3. The number of halogens is 3. The minimum Gasteiger partial charge on any atom is -0.495 e. The highest BCUT2D eigenvalue weighted by molar-refractivity contribution is 6.00. The molecule has 0 radical (unpaired) electrons. The number of cyclic esters (lactones) is 1. The van der Waals surface area contributed by atoms with Crippen LogP contribution in [0.3, 0.4) is 0 Å². The topological polar surface area (TPSA) is 127 Å². The Labute approximate surface area is 257 Å². The lowest BCUT2D eigenvalue weighted by Crippen LogP contribution is -2.47. The van der Waals surface area contributed by atoms with Gasteiger partial charge in [-0.15, -0.1) is 0 Å². The molecule has 0 atom stereocenters. The van der Waals surface area contributed by atoms with Crippen molar-refractivity contribution in [3.63, 3.8) is 0 Å². The molecule has 2 fully saturated rings. The molecule has 2 aromatic carbocycles. The van der Waals surface area contributed by atoms with Gasteiger partial charge in [0.05, 0.1) is 37.3 Å². The van der Waals surface area contributed by atoms with Crippen LogP contribution in [0.25, 0.3) is 0 Å². The average Bonchev–Trinajstić information content (AvgIpc) is 3.43. The molecule has 1 saturated carbocycles. The first kappa shape index (κ1) is 30.6. The van der Waals surface area contributed by atoms with Crippen molar-refractivity contribution in [1.29, 1.82) is 0 Å². The Bertz CT molecular complexity index is 1570. The summed E-state index contributed by atoms with van der Waals surface area (Å²) in [5.41, 5.74) is 0.450. The summed E-state index contributed by atoms with van der Waals surface area (Å²) in [6.07, 6.45) is -0.316. The number of nitrogens with zero attached hydrogens (tertiary/aromatic N) is 3. The van der Waals surface area contributed by atoms with Gasteiger partial charge < -0.3 is 30.2 Å². The summed E-state index contributed by atoms with van der Waals surface area (Å²) in [5, 5.41) is 8.65. The van der Waals surface area contributed by atoms with E-state index in [0.717, 1.165) is 52.0 Å². The van der Waals surface area contributed by atoms with E-state index in [4.69, 9.17) is 14.2 Å². The molecule has 0 unspecified atom stereocenters. The normalized spacial score (nSPS) is 20.2. The molecule has 1 saturated heterocycles. The number of carbonyl (C=O) groups excluding carboxylic acids is 2. The zero-order chi connectivity index (χ0) is 31.6. The van der Waals surface area contributed by atoms with Crippen LogP contribution in [-0.2, 0) is 22.3 Å². The number of ether oxygens (including phenoxy) is 3. The van der Waals surface area contributed by atoms with Crippen molar-refractivity contribution in [1.82, 2.24) is 20.2 Å². The van der Waals surface area contributed by atoms with E-state index in [1.165, 1.54) is 13.2 Å². The van der Waals surface area contributed by atoms with Gasteiger partial charge in [0.15, 0.2) is 0 Å². The second kappa shape index (κ2) is 12.9. The molecular weight excluding hydrogens is 593 g/mol. The molecule has 238 valence electrons. The highest BCUT2D eigenvalue weighted by Crippen LogP contribution is 2.38. The zero-order valence-electron chi connectivity index (χ0n) is 24.6. The molecule has 3 aliphatic rings. The van der Waals surface area contributed by atoms with Crippen molar-refractivity contribution in [3.8, 4) is 5.75 Å². The first-order chi connectivity index (χ1) is 21.7. The number of hydrogen-bond donors (Lipinski definition) is 3. The van der Waals surface area contributed by atoms with E-state index in [0.29, 0.717) is 29.1 Å². The highest BCUT2D eigenvalue weighted by Gasteiger charge is 2.36. The van der Waals surface area contributed by atoms with Crippen LogP contribution in [0.5, 0.6) is 5.75 Å². The standard InChI is InChI=1S/C31H33F3N6O5/c1-43-25-15-18(28(41)36-20-6-8-21(9-7-20)40-11-13-44-14-12-40)5-10-23(25)38-30-35-16-22(31(32,33)34)27(39-30)37-24-4-2-3-19-17-45-29(42)26(19)24/h2-5,10,15-16,20-21H,6-9,11-14,17H2,1H3,(H,36,41)(H2,35,37,38,39). The molecule has 3 N–H and O–H groups in total. The maximum Gasteiger partial charge on any atom is 0.421 e. The fraction of sp³-hybridized carbons (Fsp3) is 0.419. The third-order valence-corrected chi connectivity index (χ3v) is 8.37. The summed E-state index contributed by atoms with van der Waals surface area (Å²) in [5.74, 6) is -1.30. The van der Waals surface area contributed by atoms with E-state index >= 15 is 0 Å².